The Kier molecular flexibility index (Phi) is 1.80. The second-order valence-electron chi connectivity index (χ2n) is 2.09. The van der Waals surface area contributed by atoms with Crippen molar-refractivity contribution in [3.63, 3.8) is 0 Å². The molecule has 0 N–H and O–H groups in total. The smallest absolute Gasteiger partial charge is 0.231 e. The fourth-order valence-electron chi connectivity index (χ4n) is 0.536. The van der Waals surface area contributed by atoms with E-state index in [1.165, 1.54) is 6.20 Å². The Hall–Kier alpha value is -1.19. The topological polar surface area (TPSA) is 29.0 Å². The second kappa shape index (κ2) is 2.60. The Morgan fingerprint density at radius 3 is 2.40 bits per heavy atom. The molecule has 0 bridgehead atoms. The van der Waals surface area contributed by atoms with Crippen LogP contribution in [-0.4, -0.2) is 24.1 Å². The monoisotopic (exact) mass is 141 g/mol. The number of hydrogen-bond donors (Lipinski definition) is 0. The molecule has 10 heavy (non-hydrogen) atoms. The van der Waals surface area contributed by atoms with Crippen molar-refractivity contribution in [2.75, 3.05) is 19.0 Å². The molecule has 54 valence electrons. The number of nitrogens with zero attached hydrogens (tertiary/aromatic N) is 3. The molecule has 1 aromatic rings. The van der Waals surface area contributed by atoms with E-state index in [4.69, 9.17) is 0 Å². The average Bonchev–Trinajstić information content (AvgIpc) is 1.88. The molecule has 0 fully saturated rings. The summed E-state index contributed by atoms with van der Waals surface area (Å²) >= 11 is 0. The van der Waals surface area contributed by atoms with Crippen LogP contribution in [0.3, 0.4) is 0 Å². The van der Waals surface area contributed by atoms with Crippen LogP contribution in [0.4, 0.5) is 10.2 Å². The van der Waals surface area contributed by atoms with E-state index >= 15 is 0 Å². The van der Waals surface area contributed by atoms with Gasteiger partial charge in [-0.1, -0.05) is 0 Å². The molecule has 0 amide bonds. The molecule has 1 aromatic heterocycles. The molecular weight excluding hydrogens is 133 g/mol. The maximum atomic E-state index is 12.2. The van der Waals surface area contributed by atoms with E-state index in [1.807, 2.05) is 14.1 Å². The predicted octanol–water partition coefficient (Wildman–Crippen LogP) is 0.682. The van der Waals surface area contributed by atoms with Crippen LogP contribution in [0.2, 0.25) is 0 Å². The molecular formula is C6H8FN3. The molecule has 3 nitrogen and oxygen atoms in total. The lowest BCUT2D eigenvalue weighted by Crippen LogP contribution is -2.10. The fourth-order valence-corrected chi connectivity index (χ4v) is 0.536. The van der Waals surface area contributed by atoms with Crippen LogP contribution in [0, 0.1) is 5.95 Å². The molecule has 0 saturated carbocycles. The Balaban J connectivity index is 2.89. The van der Waals surface area contributed by atoms with Gasteiger partial charge in [-0.05, 0) is 0 Å². The normalized spacial score (nSPS) is 9.50. The maximum absolute atomic E-state index is 12.2. The molecule has 0 atom stereocenters. The highest BCUT2D eigenvalue weighted by molar-refractivity contribution is 5.31. The van der Waals surface area contributed by atoms with Crippen molar-refractivity contribution in [1.29, 1.82) is 0 Å². The van der Waals surface area contributed by atoms with Gasteiger partial charge in [0.05, 0.1) is 12.4 Å². The van der Waals surface area contributed by atoms with Gasteiger partial charge in [0, 0.05) is 14.1 Å². The van der Waals surface area contributed by atoms with Crippen molar-refractivity contribution in [3.8, 4) is 0 Å². The van der Waals surface area contributed by atoms with E-state index in [0.29, 0.717) is 5.82 Å². The van der Waals surface area contributed by atoms with E-state index < -0.39 is 5.95 Å². The maximum Gasteiger partial charge on any atom is 0.231 e. The summed E-state index contributed by atoms with van der Waals surface area (Å²) in [5.74, 6) is 0.104. The third kappa shape index (κ3) is 1.40. The van der Waals surface area contributed by atoms with Crippen LogP contribution in [0.1, 0.15) is 0 Å². The zero-order valence-electron chi connectivity index (χ0n) is 5.87. The molecule has 0 spiro atoms. The SMILES string of the molecule is CN(C)c1cnc(F)cn1. The highest BCUT2D eigenvalue weighted by Crippen LogP contribution is 2.02. The highest BCUT2D eigenvalue weighted by atomic mass is 19.1. The summed E-state index contributed by atoms with van der Waals surface area (Å²) in [4.78, 5) is 8.95. The third-order valence-electron chi connectivity index (χ3n) is 1.06. The van der Waals surface area contributed by atoms with Crippen LogP contribution < -0.4 is 4.90 Å². The predicted molar refractivity (Wildman–Crippen MR) is 36.3 cm³/mol. The minimum atomic E-state index is -0.550. The van der Waals surface area contributed by atoms with Crippen molar-refractivity contribution in [2.45, 2.75) is 0 Å². The summed E-state index contributed by atoms with van der Waals surface area (Å²) < 4.78 is 12.2. The van der Waals surface area contributed by atoms with Crippen LogP contribution in [0.5, 0.6) is 0 Å². The molecule has 0 aromatic carbocycles. The summed E-state index contributed by atoms with van der Waals surface area (Å²) in [7, 11) is 3.64. The van der Waals surface area contributed by atoms with Crippen molar-refractivity contribution in [2.24, 2.45) is 0 Å². The molecule has 1 heterocycles. The lowest BCUT2D eigenvalue weighted by atomic mass is 10.6. The van der Waals surface area contributed by atoms with Gasteiger partial charge in [-0.25, -0.2) is 9.97 Å². The van der Waals surface area contributed by atoms with Gasteiger partial charge >= 0.3 is 0 Å². The van der Waals surface area contributed by atoms with Crippen molar-refractivity contribution >= 4 is 5.82 Å². The second-order valence-corrected chi connectivity index (χ2v) is 2.09. The minimum absolute atomic E-state index is 0.550. The molecule has 1 rings (SSSR count). The Bertz CT molecular complexity index is 207. The van der Waals surface area contributed by atoms with Gasteiger partial charge in [-0.2, -0.15) is 4.39 Å². The largest absolute Gasteiger partial charge is 0.361 e. The summed E-state index contributed by atoms with van der Waals surface area (Å²) in [6.07, 6.45) is 2.48. The van der Waals surface area contributed by atoms with Gasteiger partial charge in [0.1, 0.15) is 5.82 Å². The number of aromatic nitrogens is 2. The molecule has 0 unspecified atom stereocenters. The molecule has 4 heteroatoms. The van der Waals surface area contributed by atoms with Crippen LogP contribution >= 0.6 is 0 Å². The first-order chi connectivity index (χ1) is 4.70. The number of halogens is 1. The van der Waals surface area contributed by atoms with E-state index in [2.05, 4.69) is 9.97 Å². The first kappa shape index (κ1) is 6.92. The quantitative estimate of drug-likeness (QED) is 0.576. The van der Waals surface area contributed by atoms with Gasteiger partial charge in [0.25, 0.3) is 0 Å². The molecule has 0 radical (unpaired) electrons. The van der Waals surface area contributed by atoms with Crippen LogP contribution in [0.15, 0.2) is 12.4 Å². The fraction of sp³-hybridized carbons (Fsp3) is 0.333. The van der Waals surface area contributed by atoms with Crippen molar-refractivity contribution < 1.29 is 4.39 Å². The van der Waals surface area contributed by atoms with E-state index in [1.54, 1.807) is 4.90 Å². The van der Waals surface area contributed by atoms with Crippen molar-refractivity contribution in [1.82, 2.24) is 9.97 Å². The molecule has 0 saturated heterocycles. The average molecular weight is 141 g/mol. The lowest BCUT2D eigenvalue weighted by molar-refractivity contribution is 0.576. The molecule has 0 aliphatic carbocycles. The van der Waals surface area contributed by atoms with Gasteiger partial charge in [-0.3, -0.25) is 0 Å². The molecule has 0 aliphatic heterocycles. The Morgan fingerprint density at radius 1 is 1.30 bits per heavy atom. The highest BCUT2D eigenvalue weighted by Gasteiger charge is 1.95. The summed E-state index contributed by atoms with van der Waals surface area (Å²) in [6, 6.07) is 0. The minimum Gasteiger partial charge on any atom is -0.361 e. The lowest BCUT2D eigenvalue weighted by Gasteiger charge is -2.08. The Morgan fingerprint density at radius 2 is 2.00 bits per heavy atom. The van der Waals surface area contributed by atoms with Gasteiger partial charge in [-0.15, -0.1) is 0 Å². The first-order valence-corrected chi connectivity index (χ1v) is 2.85. The Labute approximate surface area is 58.5 Å². The zero-order valence-corrected chi connectivity index (χ0v) is 5.87. The summed E-state index contributed by atoms with van der Waals surface area (Å²) in [5, 5.41) is 0. The zero-order chi connectivity index (χ0) is 7.56. The number of anilines is 1. The third-order valence-corrected chi connectivity index (χ3v) is 1.06. The number of hydrogen-bond acceptors (Lipinski definition) is 3. The standard InChI is InChI=1S/C6H8FN3/c1-10(2)6-4-8-5(7)3-9-6/h3-4H,1-2H3. The van der Waals surface area contributed by atoms with Crippen LogP contribution in [0.25, 0.3) is 0 Å². The van der Waals surface area contributed by atoms with Crippen molar-refractivity contribution in [3.05, 3.63) is 18.3 Å². The first-order valence-electron chi connectivity index (χ1n) is 2.85. The number of rotatable bonds is 1. The van der Waals surface area contributed by atoms with Gasteiger partial charge in [0.15, 0.2) is 0 Å². The van der Waals surface area contributed by atoms with Gasteiger partial charge in [0.2, 0.25) is 5.95 Å². The van der Waals surface area contributed by atoms with E-state index in [-0.39, 0.29) is 0 Å². The summed E-state index contributed by atoms with van der Waals surface area (Å²) in [6.45, 7) is 0. The molecule has 0 aliphatic rings. The van der Waals surface area contributed by atoms with Gasteiger partial charge < -0.3 is 4.90 Å². The van der Waals surface area contributed by atoms with E-state index in [9.17, 15) is 4.39 Å². The van der Waals surface area contributed by atoms with Crippen LogP contribution in [-0.2, 0) is 0 Å². The summed E-state index contributed by atoms with van der Waals surface area (Å²) in [5.41, 5.74) is 0. The van der Waals surface area contributed by atoms with E-state index in [0.717, 1.165) is 6.20 Å².